The first kappa shape index (κ1) is 23.2. The summed E-state index contributed by atoms with van der Waals surface area (Å²) in [5.74, 6) is 1.23. The largest absolute Gasteiger partial charge is 0.496 e. The first-order valence-corrected chi connectivity index (χ1v) is 10.8. The maximum absolute atomic E-state index is 12.8. The molecule has 2 aromatic rings. The van der Waals surface area contributed by atoms with E-state index in [0.717, 1.165) is 17.9 Å². The van der Waals surface area contributed by atoms with E-state index in [-0.39, 0.29) is 11.1 Å². The maximum atomic E-state index is 12.8. The van der Waals surface area contributed by atoms with Crippen molar-refractivity contribution in [2.24, 2.45) is 0 Å². The average Bonchev–Trinajstić information content (AvgIpc) is 2.76. The van der Waals surface area contributed by atoms with Crippen molar-refractivity contribution in [3.05, 3.63) is 53.1 Å². The van der Waals surface area contributed by atoms with Crippen molar-refractivity contribution in [1.29, 1.82) is 5.26 Å². The highest BCUT2D eigenvalue weighted by Crippen LogP contribution is 2.45. The molecule has 6 heteroatoms. The van der Waals surface area contributed by atoms with E-state index in [1.54, 1.807) is 37.5 Å². The van der Waals surface area contributed by atoms with Gasteiger partial charge in [0.2, 0.25) is 0 Å². The van der Waals surface area contributed by atoms with Crippen molar-refractivity contribution in [2.45, 2.75) is 45.6 Å². The van der Waals surface area contributed by atoms with Gasteiger partial charge in [-0.1, -0.05) is 6.92 Å². The smallest absolute Gasteiger partial charge is 0.266 e. The lowest BCUT2D eigenvalue weighted by atomic mass is 9.80. The molecule has 168 valence electrons. The quantitative estimate of drug-likeness (QED) is 0.490. The number of anilines is 2. The van der Waals surface area contributed by atoms with Gasteiger partial charge in [0.15, 0.2) is 0 Å². The molecule has 2 aromatic carbocycles. The number of nitrogens with zero attached hydrogens (tertiary/aromatic N) is 2. The molecule has 0 fully saturated rings. The molecule has 0 saturated heterocycles. The van der Waals surface area contributed by atoms with Crippen LogP contribution >= 0.6 is 0 Å². The summed E-state index contributed by atoms with van der Waals surface area (Å²) in [6, 6.07) is 13.1. The second kappa shape index (κ2) is 9.35. The predicted octanol–water partition coefficient (Wildman–Crippen LogP) is 5.36. The average molecular weight is 434 g/mol. The molecule has 3 rings (SSSR count). The topological polar surface area (TPSA) is 74.6 Å². The monoisotopic (exact) mass is 433 g/mol. The van der Waals surface area contributed by atoms with Gasteiger partial charge in [0.1, 0.15) is 23.1 Å². The van der Waals surface area contributed by atoms with Crippen LogP contribution in [0.3, 0.4) is 0 Å². The highest BCUT2D eigenvalue weighted by atomic mass is 16.5. The standard InChI is InChI=1S/C26H31N3O3/c1-7-32-21-10-8-20(9-11-21)28-25(30)19(16-27)12-18-13-22-17(2)15-26(3,4)29(5)23(22)14-24(18)31-6/h8-14,17H,7,15H2,1-6H3,(H,28,30)/b19-12+. The molecule has 0 saturated carbocycles. The van der Waals surface area contributed by atoms with Crippen molar-refractivity contribution >= 4 is 23.4 Å². The first-order valence-electron chi connectivity index (χ1n) is 10.8. The summed E-state index contributed by atoms with van der Waals surface area (Å²) in [5, 5.41) is 12.4. The molecule has 1 N–H and O–H groups in total. The second-order valence-corrected chi connectivity index (χ2v) is 8.71. The Morgan fingerprint density at radius 1 is 1.31 bits per heavy atom. The zero-order valence-electron chi connectivity index (χ0n) is 19.7. The summed E-state index contributed by atoms with van der Waals surface area (Å²) in [6.07, 6.45) is 2.60. The molecule has 1 heterocycles. The second-order valence-electron chi connectivity index (χ2n) is 8.71. The van der Waals surface area contributed by atoms with Gasteiger partial charge in [-0.05, 0) is 75.1 Å². The molecule has 1 amide bonds. The molecule has 0 spiro atoms. The lowest BCUT2D eigenvalue weighted by molar-refractivity contribution is -0.112. The Balaban J connectivity index is 1.92. The molecule has 0 aliphatic carbocycles. The summed E-state index contributed by atoms with van der Waals surface area (Å²) in [7, 11) is 3.69. The highest BCUT2D eigenvalue weighted by molar-refractivity contribution is 6.09. The Hall–Kier alpha value is -3.46. The molecule has 0 radical (unpaired) electrons. The summed E-state index contributed by atoms with van der Waals surface area (Å²) in [4.78, 5) is 15.0. The molecule has 1 aliphatic heterocycles. The van der Waals surface area contributed by atoms with Crippen LogP contribution in [0.4, 0.5) is 11.4 Å². The number of rotatable bonds is 6. The first-order chi connectivity index (χ1) is 15.2. The van der Waals surface area contributed by atoms with E-state index in [1.165, 1.54) is 5.56 Å². The Kier molecular flexibility index (Phi) is 6.78. The van der Waals surface area contributed by atoms with Gasteiger partial charge in [0.25, 0.3) is 5.91 Å². The third-order valence-electron chi connectivity index (χ3n) is 6.07. The van der Waals surface area contributed by atoms with E-state index < -0.39 is 5.91 Å². The minimum Gasteiger partial charge on any atom is -0.496 e. The fraction of sp³-hybridized carbons (Fsp3) is 0.385. The van der Waals surface area contributed by atoms with Gasteiger partial charge in [0.05, 0.1) is 13.7 Å². The van der Waals surface area contributed by atoms with E-state index in [9.17, 15) is 10.1 Å². The number of fused-ring (bicyclic) bond motifs is 1. The number of benzene rings is 2. The molecule has 6 nitrogen and oxygen atoms in total. The number of hydrogen-bond acceptors (Lipinski definition) is 5. The molecule has 0 bridgehead atoms. The summed E-state index contributed by atoms with van der Waals surface area (Å²) in [5.41, 5.74) is 3.64. The Bertz CT molecular complexity index is 1060. The van der Waals surface area contributed by atoms with Gasteiger partial charge in [-0.25, -0.2) is 0 Å². The number of carbonyl (C=O) groups is 1. The fourth-order valence-corrected chi connectivity index (χ4v) is 4.20. The van der Waals surface area contributed by atoms with E-state index >= 15 is 0 Å². The number of nitriles is 1. The van der Waals surface area contributed by atoms with Crippen LogP contribution in [-0.4, -0.2) is 32.2 Å². The van der Waals surface area contributed by atoms with Crippen LogP contribution in [0.2, 0.25) is 0 Å². The molecule has 0 aromatic heterocycles. The number of hydrogen-bond donors (Lipinski definition) is 1. The number of amides is 1. The van der Waals surface area contributed by atoms with Crippen LogP contribution in [0.15, 0.2) is 42.0 Å². The van der Waals surface area contributed by atoms with E-state index in [1.807, 2.05) is 25.1 Å². The lowest BCUT2D eigenvalue weighted by Crippen LogP contribution is -2.45. The summed E-state index contributed by atoms with van der Waals surface area (Å²) < 4.78 is 11.0. The van der Waals surface area contributed by atoms with Crippen molar-refractivity contribution in [1.82, 2.24) is 0 Å². The fourth-order valence-electron chi connectivity index (χ4n) is 4.20. The third kappa shape index (κ3) is 4.72. The maximum Gasteiger partial charge on any atom is 0.266 e. The SMILES string of the molecule is CCOc1ccc(NC(=O)/C(C#N)=C/c2cc3c(cc2OC)N(C)C(C)(C)CC3C)cc1. The van der Waals surface area contributed by atoms with Crippen LogP contribution in [0.25, 0.3) is 6.08 Å². The molecular formula is C26H31N3O3. The molecular weight excluding hydrogens is 402 g/mol. The molecule has 1 atom stereocenters. The Morgan fingerprint density at radius 3 is 2.59 bits per heavy atom. The lowest BCUT2D eigenvalue weighted by Gasteiger charge is -2.45. The zero-order valence-corrected chi connectivity index (χ0v) is 19.7. The number of ether oxygens (including phenoxy) is 2. The van der Waals surface area contributed by atoms with Gasteiger partial charge in [0, 0.05) is 35.6 Å². The Labute approximate surface area is 190 Å². The van der Waals surface area contributed by atoms with Crippen molar-refractivity contribution in [3.8, 4) is 17.6 Å². The summed E-state index contributed by atoms with van der Waals surface area (Å²) in [6.45, 7) is 9.14. The molecule has 1 unspecified atom stereocenters. The van der Waals surface area contributed by atoms with Gasteiger partial charge >= 0.3 is 0 Å². The third-order valence-corrected chi connectivity index (χ3v) is 6.07. The van der Waals surface area contributed by atoms with Gasteiger partial charge in [-0.15, -0.1) is 0 Å². The van der Waals surface area contributed by atoms with E-state index in [2.05, 4.69) is 38.0 Å². The van der Waals surface area contributed by atoms with Crippen LogP contribution < -0.4 is 19.7 Å². The van der Waals surface area contributed by atoms with Crippen LogP contribution in [0.1, 0.15) is 51.2 Å². The summed E-state index contributed by atoms with van der Waals surface area (Å²) >= 11 is 0. The predicted molar refractivity (Wildman–Crippen MR) is 128 cm³/mol. The van der Waals surface area contributed by atoms with Crippen molar-refractivity contribution < 1.29 is 14.3 Å². The zero-order chi connectivity index (χ0) is 23.5. The van der Waals surface area contributed by atoms with E-state index in [0.29, 0.717) is 29.5 Å². The molecule has 32 heavy (non-hydrogen) atoms. The highest BCUT2D eigenvalue weighted by Gasteiger charge is 2.34. The van der Waals surface area contributed by atoms with Gasteiger partial charge in [-0.3, -0.25) is 4.79 Å². The number of nitrogens with one attached hydrogen (secondary N) is 1. The van der Waals surface area contributed by atoms with Gasteiger partial charge in [-0.2, -0.15) is 5.26 Å². The van der Waals surface area contributed by atoms with Crippen molar-refractivity contribution in [3.63, 3.8) is 0 Å². The number of carbonyl (C=O) groups excluding carboxylic acids is 1. The molecule has 1 aliphatic rings. The van der Waals surface area contributed by atoms with Gasteiger partial charge < -0.3 is 19.7 Å². The minimum atomic E-state index is -0.470. The van der Waals surface area contributed by atoms with Crippen LogP contribution in [-0.2, 0) is 4.79 Å². The van der Waals surface area contributed by atoms with E-state index in [4.69, 9.17) is 9.47 Å². The Morgan fingerprint density at radius 2 is 2.00 bits per heavy atom. The van der Waals surface area contributed by atoms with Crippen LogP contribution in [0.5, 0.6) is 11.5 Å². The van der Waals surface area contributed by atoms with Crippen molar-refractivity contribution in [2.75, 3.05) is 31.0 Å². The van der Waals surface area contributed by atoms with Crippen LogP contribution in [0, 0.1) is 11.3 Å². The number of methoxy groups -OCH3 is 1. The normalized spacial score (nSPS) is 17.2. The minimum absolute atomic E-state index is 0.00859.